The molecule has 0 saturated carbocycles. The van der Waals surface area contributed by atoms with E-state index in [9.17, 15) is 0 Å². The van der Waals surface area contributed by atoms with Crippen LogP contribution in [0.4, 0.5) is 17.1 Å². The van der Waals surface area contributed by atoms with Gasteiger partial charge >= 0.3 is 0 Å². The summed E-state index contributed by atoms with van der Waals surface area (Å²) in [7, 11) is 1.69. The van der Waals surface area contributed by atoms with E-state index in [4.69, 9.17) is 9.47 Å². The number of aryl methyl sites for hydroxylation is 1. The van der Waals surface area contributed by atoms with Crippen LogP contribution in [0.25, 0.3) is 0 Å². The average molecular weight is 418 g/mol. The molecule has 1 atom stereocenters. The second-order valence-corrected chi connectivity index (χ2v) is 8.04. The average Bonchev–Trinajstić information content (AvgIpc) is 2.82. The molecule has 0 amide bonds. The highest BCUT2D eigenvalue weighted by Gasteiger charge is 2.15. The molecule has 0 saturated heterocycles. The lowest BCUT2D eigenvalue weighted by Crippen LogP contribution is -2.13. The molecule has 0 heterocycles. The lowest BCUT2D eigenvalue weighted by molar-refractivity contribution is 0.233. The van der Waals surface area contributed by atoms with E-state index in [1.807, 2.05) is 18.2 Å². The van der Waals surface area contributed by atoms with Crippen LogP contribution in [-0.4, -0.2) is 13.7 Å². The maximum absolute atomic E-state index is 6.18. The monoisotopic (exact) mass is 417 g/mol. The molecule has 3 rings (SSSR count). The number of ether oxygens (including phenoxy) is 2. The van der Waals surface area contributed by atoms with Crippen molar-refractivity contribution in [2.75, 3.05) is 18.6 Å². The molecule has 164 valence electrons. The van der Waals surface area contributed by atoms with Gasteiger partial charge in [0, 0.05) is 17.1 Å². The van der Waals surface area contributed by atoms with Crippen LogP contribution >= 0.6 is 0 Å². The molecule has 1 unspecified atom stereocenters. The van der Waals surface area contributed by atoms with Crippen molar-refractivity contribution >= 4 is 17.1 Å². The first-order chi connectivity index (χ1) is 15.2. The minimum Gasteiger partial charge on any atom is -0.497 e. The van der Waals surface area contributed by atoms with Gasteiger partial charge in [-0.15, -0.1) is 0 Å². The molecule has 0 bridgehead atoms. The van der Waals surface area contributed by atoms with Gasteiger partial charge in [0.05, 0.1) is 13.7 Å². The minimum atomic E-state index is 0.625. The maximum atomic E-state index is 6.18. The summed E-state index contributed by atoms with van der Waals surface area (Å²) in [5.74, 6) is 2.42. The van der Waals surface area contributed by atoms with Crippen molar-refractivity contribution in [3.8, 4) is 11.5 Å². The molecule has 3 nitrogen and oxygen atoms in total. The summed E-state index contributed by atoms with van der Waals surface area (Å²) in [4.78, 5) is 2.27. The zero-order valence-corrected chi connectivity index (χ0v) is 19.3. The Morgan fingerprint density at radius 2 is 1.52 bits per heavy atom. The van der Waals surface area contributed by atoms with Crippen molar-refractivity contribution in [3.63, 3.8) is 0 Å². The normalized spacial score (nSPS) is 11.7. The van der Waals surface area contributed by atoms with Gasteiger partial charge in [0.1, 0.15) is 11.5 Å². The summed E-state index contributed by atoms with van der Waals surface area (Å²) in [5.41, 5.74) is 4.53. The van der Waals surface area contributed by atoms with E-state index >= 15 is 0 Å². The highest BCUT2D eigenvalue weighted by Crippen LogP contribution is 2.38. The third kappa shape index (κ3) is 6.04. The lowest BCUT2D eigenvalue weighted by Gasteiger charge is -2.27. The number of unbranched alkanes of at least 4 members (excludes halogenated alkanes) is 1. The summed E-state index contributed by atoms with van der Waals surface area (Å²) in [6, 6.07) is 25.0. The molecule has 0 aliphatic carbocycles. The van der Waals surface area contributed by atoms with Gasteiger partial charge in [-0.3, -0.25) is 0 Å². The molecule has 0 fully saturated rings. The van der Waals surface area contributed by atoms with Gasteiger partial charge in [0.15, 0.2) is 0 Å². The van der Waals surface area contributed by atoms with Crippen molar-refractivity contribution in [1.82, 2.24) is 0 Å². The summed E-state index contributed by atoms with van der Waals surface area (Å²) in [6.07, 6.45) is 4.92. The first kappa shape index (κ1) is 22.7. The van der Waals surface area contributed by atoms with Crippen LogP contribution in [0.3, 0.4) is 0 Å². The molecule has 0 aromatic heterocycles. The lowest BCUT2D eigenvalue weighted by atomic mass is 10.0. The first-order valence-electron chi connectivity index (χ1n) is 11.4. The van der Waals surface area contributed by atoms with E-state index in [2.05, 4.69) is 80.3 Å². The Morgan fingerprint density at radius 1 is 0.839 bits per heavy atom. The van der Waals surface area contributed by atoms with Gasteiger partial charge in [-0.1, -0.05) is 51.3 Å². The molecular formula is C28H35NO2. The standard InChI is InChI=1S/C28H35NO2/c1-5-7-11-23(6-2)21-31-27-18-19-28(22(3)20-27)29(24-12-9-8-10-13-24)25-14-16-26(30-4)17-15-25/h8-10,12-20,23H,5-7,11,21H2,1-4H3. The number of hydrogen-bond donors (Lipinski definition) is 0. The largest absolute Gasteiger partial charge is 0.497 e. The Balaban J connectivity index is 1.86. The Morgan fingerprint density at radius 3 is 2.13 bits per heavy atom. The van der Waals surface area contributed by atoms with Gasteiger partial charge in [0.2, 0.25) is 0 Å². The van der Waals surface area contributed by atoms with E-state index in [1.165, 1.54) is 24.8 Å². The van der Waals surface area contributed by atoms with Crippen molar-refractivity contribution in [2.24, 2.45) is 5.92 Å². The van der Waals surface area contributed by atoms with E-state index < -0.39 is 0 Å². The molecule has 3 heteroatoms. The van der Waals surface area contributed by atoms with Crippen molar-refractivity contribution in [1.29, 1.82) is 0 Å². The fraction of sp³-hybridized carbons (Fsp3) is 0.357. The second kappa shape index (κ2) is 11.5. The number of methoxy groups -OCH3 is 1. The summed E-state index contributed by atoms with van der Waals surface area (Å²) in [5, 5.41) is 0. The van der Waals surface area contributed by atoms with Crippen LogP contribution in [-0.2, 0) is 0 Å². The molecule has 0 aliphatic rings. The number of hydrogen-bond acceptors (Lipinski definition) is 3. The van der Waals surface area contributed by atoms with Crippen LogP contribution in [0, 0.1) is 12.8 Å². The van der Waals surface area contributed by atoms with Gasteiger partial charge in [-0.25, -0.2) is 0 Å². The Labute approximate surface area is 187 Å². The predicted octanol–water partition coefficient (Wildman–Crippen LogP) is 8.07. The number of para-hydroxylation sites is 1. The molecule has 3 aromatic carbocycles. The predicted molar refractivity (Wildman–Crippen MR) is 131 cm³/mol. The van der Waals surface area contributed by atoms with Crippen LogP contribution < -0.4 is 14.4 Å². The van der Waals surface area contributed by atoms with Crippen molar-refractivity contribution in [2.45, 2.75) is 46.5 Å². The minimum absolute atomic E-state index is 0.625. The van der Waals surface area contributed by atoms with E-state index in [0.717, 1.165) is 41.6 Å². The Kier molecular flexibility index (Phi) is 8.40. The van der Waals surface area contributed by atoms with E-state index in [1.54, 1.807) is 7.11 Å². The molecule has 0 N–H and O–H groups in total. The van der Waals surface area contributed by atoms with Crippen LogP contribution in [0.1, 0.15) is 45.1 Å². The fourth-order valence-electron chi connectivity index (χ4n) is 3.82. The van der Waals surface area contributed by atoms with Crippen LogP contribution in [0.2, 0.25) is 0 Å². The summed E-state index contributed by atoms with van der Waals surface area (Å²) < 4.78 is 11.5. The SMILES string of the molecule is CCCCC(CC)COc1ccc(N(c2ccccc2)c2ccc(OC)cc2)c(C)c1. The Bertz CT molecular complexity index is 922. The zero-order chi connectivity index (χ0) is 22.1. The molecule has 0 aliphatic heterocycles. The highest BCUT2D eigenvalue weighted by molar-refractivity contribution is 5.78. The number of nitrogens with zero attached hydrogens (tertiary/aromatic N) is 1. The second-order valence-electron chi connectivity index (χ2n) is 8.04. The van der Waals surface area contributed by atoms with Crippen molar-refractivity contribution < 1.29 is 9.47 Å². The first-order valence-corrected chi connectivity index (χ1v) is 11.4. The number of benzene rings is 3. The maximum Gasteiger partial charge on any atom is 0.119 e. The summed E-state index contributed by atoms with van der Waals surface area (Å²) >= 11 is 0. The quantitative estimate of drug-likeness (QED) is 0.315. The highest BCUT2D eigenvalue weighted by atomic mass is 16.5. The number of rotatable bonds is 11. The molecular weight excluding hydrogens is 382 g/mol. The Hall–Kier alpha value is -2.94. The molecule has 31 heavy (non-hydrogen) atoms. The van der Waals surface area contributed by atoms with E-state index in [0.29, 0.717) is 5.92 Å². The van der Waals surface area contributed by atoms with Gasteiger partial charge in [0.25, 0.3) is 0 Å². The fourth-order valence-corrected chi connectivity index (χ4v) is 3.82. The smallest absolute Gasteiger partial charge is 0.119 e. The number of anilines is 3. The topological polar surface area (TPSA) is 21.7 Å². The van der Waals surface area contributed by atoms with Crippen LogP contribution in [0.15, 0.2) is 72.8 Å². The zero-order valence-electron chi connectivity index (χ0n) is 19.3. The molecule has 0 spiro atoms. The molecule has 3 aromatic rings. The van der Waals surface area contributed by atoms with Gasteiger partial charge in [-0.2, -0.15) is 0 Å². The molecule has 0 radical (unpaired) electrons. The third-order valence-corrected chi connectivity index (χ3v) is 5.78. The van der Waals surface area contributed by atoms with Gasteiger partial charge in [-0.05, 0) is 79.4 Å². The van der Waals surface area contributed by atoms with Crippen molar-refractivity contribution in [3.05, 3.63) is 78.4 Å². The third-order valence-electron chi connectivity index (χ3n) is 5.78. The van der Waals surface area contributed by atoms with Gasteiger partial charge < -0.3 is 14.4 Å². The summed E-state index contributed by atoms with van der Waals surface area (Å²) in [6.45, 7) is 7.44. The van der Waals surface area contributed by atoms with Crippen LogP contribution in [0.5, 0.6) is 11.5 Å². The van der Waals surface area contributed by atoms with E-state index in [-0.39, 0.29) is 0 Å².